The number of amides is 1. The molecule has 0 saturated carbocycles. The molecule has 0 bridgehead atoms. The fraction of sp³-hybridized carbons (Fsp3) is 0.0833. The van der Waals surface area contributed by atoms with E-state index in [9.17, 15) is 14.4 Å². The molecule has 0 aliphatic carbocycles. The molecule has 1 aliphatic heterocycles. The van der Waals surface area contributed by atoms with Gasteiger partial charge in [0, 0.05) is 17.2 Å². The van der Waals surface area contributed by atoms with Crippen LogP contribution in [0.3, 0.4) is 0 Å². The van der Waals surface area contributed by atoms with E-state index in [-0.39, 0.29) is 23.8 Å². The van der Waals surface area contributed by atoms with Gasteiger partial charge in [0.25, 0.3) is 5.91 Å². The first kappa shape index (κ1) is 21.8. The van der Waals surface area contributed by atoms with E-state index in [4.69, 9.17) is 13.9 Å². The van der Waals surface area contributed by atoms with Crippen molar-refractivity contribution in [1.29, 1.82) is 0 Å². The van der Waals surface area contributed by atoms with Gasteiger partial charge >= 0.3 is 5.97 Å². The van der Waals surface area contributed by atoms with Crippen LogP contribution in [0.4, 0.5) is 5.69 Å². The maximum Gasteiger partial charge on any atom is 0.357 e. The number of tetrazole rings is 1. The van der Waals surface area contributed by atoms with E-state index in [1.807, 2.05) is 18.2 Å². The molecule has 4 aromatic rings. The molecule has 35 heavy (non-hydrogen) atoms. The summed E-state index contributed by atoms with van der Waals surface area (Å²) in [5.41, 5.74) is 1.23. The minimum atomic E-state index is -0.839. The van der Waals surface area contributed by atoms with Crippen LogP contribution in [-0.4, -0.2) is 51.1 Å². The van der Waals surface area contributed by atoms with Gasteiger partial charge in [-0.3, -0.25) is 9.59 Å². The molecule has 5 rings (SSSR count). The highest BCUT2D eigenvalue weighted by atomic mass is 16.5. The number of hydrogen-bond donors (Lipinski definition) is 1. The summed E-state index contributed by atoms with van der Waals surface area (Å²) in [6, 6.07) is 16.9. The average Bonchev–Trinajstić information content (AvgIpc) is 3.58. The zero-order valence-corrected chi connectivity index (χ0v) is 18.1. The van der Waals surface area contributed by atoms with E-state index in [0.717, 1.165) is 0 Å². The first-order valence-corrected chi connectivity index (χ1v) is 10.4. The monoisotopic (exact) mass is 471 g/mol. The second kappa shape index (κ2) is 9.43. The number of carbonyl (C=O) groups excluding carboxylic acids is 3. The van der Waals surface area contributed by atoms with Crippen molar-refractivity contribution in [1.82, 2.24) is 20.2 Å². The number of esters is 1. The van der Waals surface area contributed by atoms with Crippen molar-refractivity contribution in [2.24, 2.45) is 0 Å². The summed E-state index contributed by atoms with van der Waals surface area (Å²) >= 11 is 0. The number of carbonyl (C=O) groups is 3. The first-order valence-electron chi connectivity index (χ1n) is 10.4. The van der Waals surface area contributed by atoms with Crippen molar-refractivity contribution in [3.8, 4) is 17.1 Å². The highest BCUT2D eigenvalue weighted by molar-refractivity contribution is 6.16. The average molecular weight is 471 g/mol. The topological polar surface area (TPSA) is 138 Å². The van der Waals surface area contributed by atoms with E-state index in [1.165, 1.54) is 29.2 Å². The Kier molecular flexibility index (Phi) is 5.87. The minimum absolute atomic E-state index is 0.0530. The summed E-state index contributed by atoms with van der Waals surface area (Å²) in [5, 5.41) is 14.3. The van der Waals surface area contributed by atoms with Crippen LogP contribution in [0.15, 0.2) is 71.3 Å². The number of ketones is 1. The van der Waals surface area contributed by atoms with Gasteiger partial charge in [0.15, 0.2) is 30.5 Å². The number of rotatable bonds is 7. The molecule has 0 unspecified atom stereocenters. The van der Waals surface area contributed by atoms with Crippen LogP contribution >= 0.6 is 0 Å². The zero-order valence-electron chi connectivity index (χ0n) is 18.1. The number of fused-ring (bicyclic) bond motifs is 1. The molecule has 1 N–H and O–H groups in total. The number of aromatic nitrogens is 4. The Morgan fingerprint density at radius 1 is 1.11 bits per heavy atom. The summed E-state index contributed by atoms with van der Waals surface area (Å²) in [5.74, 6) is -0.515. The van der Waals surface area contributed by atoms with Gasteiger partial charge in [0.05, 0.1) is 12.0 Å². The normalized spacial score (nSPS) is 12.9. The third-order valence-corrected chi connectivity index (χ3v) is 5.03. The van der Waals surface area contributed by atoms with E-state index in [0.29, 0.717) is 28.6 Å². The number of nitrogens with one attached hydrogen (secondary N) is 1. The van der Waals surface area contributed by atoms with Gasteiger partial charge in [-0.15, -0.1) is 5.10 Å². The maximum absolute atomic E-state index is 13.1. The second-order valence-corrected chi connectivity index (χ2v) is 7.37. The smallest absolute Gasteiger partial charge is 0.357 e. The molecule has 0 saturated heterocycles. The summed E-state index contributed by atoms with van der Waals surface area (Å²) in [6.07, 6.45) is 2.87. The molecule has 1 amide bonds. The van der Waals surface area contributed by atoms with Crippen molar-refractivity contribution in [2.45, 2.75) is 0 Å². The Balaban J connectivity index is 1.38. The Morgan fingerprint density at radius 3 is 2.77 bits per heavy atom. The van der Waals surface area contributed by atoms with Gasteiger partial charge in [-0.25, -0.2) is 4.79 Å². The highest BCUT2D eigenvalue weighted by Gasteiger charge is 2.23. The maximum atomic E-state index is 13.1. The third kappa shape index (κ3) is 4.69. The SMILES string of the molecule is O=C1COc2ccc(C(=O)COC(=O)C(=Cc3ccco3)n3nnnc3-c3ccccc3)cc2N1. The van der Waals surface area contributed by atoms with Crippen molar-refractivity contribution in [2.75, 3.05) is 18.5 Å². The molecular formula is C24H17N5O6. The van der Waals surface area contributed by atoms with Crippen molar-refractivity contribution >= 4 is 35.1 Å². The lowest BCUT2D eigenvalue weighted by Crippen LogP contribution is -2.25. The van der Waals surface area contributed by atoms with Gasteiger partial charge in [-0.05, 0) is 40.8 Å². The quantitative estimate of drug-likeness (QED) is 0.245. The molecule has 3 heterocycles. The van der Waals surface area contributed by atoms with Crippen LogP contribution in [0.1, 0.15) is 16.1 Å². The van der Waals surface area contributed by atoms with Crippen LogP contribution in [0.2, 0.25) is 0 Å². The number of hydrogen-bond acceptors (Lipinski definition) is 9. The molecule has 11 nitrogen and oxygen atoms in total. The Bertz CT molecular complexity index is 1430. The Morgan fingerprint density at radius 2 is 1.97 bits per heavy atom. The third-order valence-electron chi connectivity index (χ3n) is 5.03. The van der Waals surface area contributed by atoms with Crippen molar-refractivity contribution < 1.29 is 28.3 Å². The standard InChI is InChI=1S/C24H17N5O6/c30-20(16-8-9-21-18(11-16)25-22(31)14-34-21)13-35-24(32)19(12-17-7-4-10-33-17)29-23(26-27-28-29)15-5-2-1-3-6-15/h1-12H,13-14H2,(H,25,31). The summed E-state index contributed by atoms with van der Waals surface area (Å²) in [4.78, 5) is 37.3. The molecule has 0 radical (unpaired) electrons. The summed E-state index contributed by atoms with van der Waals surface area (Å²) in [7, 11) is 0. The molecule has 1 aliphatic rings. The van der Waals surface area contributed by atoms with Crippen LogP contribution in [0.5, 0.6) is 5.75 Å². The van der Waals surface area contributed by atoms with Crippen LogP contribution < -0.4 is 10.1 Å². The fourth-order valence-electron chi connectivity index (χ4n) is 3.38. The van der Waals surface area contributed by atoms with Crippen molar-refractivity contribution in [3.63, 3.8) is 0 Å². The molecule has 2 aromatic heterocycles. The van der Waals surface area contributed by atoms with Gasteiger partial charge in [0.2, 0.25) is 0 Å². The number of anilines is 1. The van der Waals surface area contributed by atoms with Gasteiger partial charge < -0.3 is 19.2 Å². The van der Waals surface area contributed by atoms with Crippen LogP contribution in [0.25, 0.3) is 23.2 Å². The lowest BCUT2D eigenvalue weighted by atomic mass is 10.1. The molecular weight excluding hydrogens is 454 g/mol. The highest BCUT2D eigenvalue weighted by Crippen LogP contribution is 2.28. The van der Waals surface area contributed by atoms with E-state index in [1.54, 1.807) is 30.3 Å². The van der Waals surface area contributed by atoms with E-state index < -0.39 is 18.4 Å². The lowest BCUT2D eigenvalue weighted by molar-refractivity contribution is -0.136. The fourth-order valence-corrected chi connectivity index (χ4v) is 3.38. The predicted molar refractivity (Wildman–Crippen MR) is 122 cm³/mol. The molecule has 0 atom stereocenters. The van der Waals surface area contributed by atoms with Gasteiger partial charge in [0.1, 0.15) is 11.5 Å². The number of furan rings is 1. The Hall–Kier alpha value is -5.06. The van der Waals surface area contributed by atoms with Crippen LogP contribution in [-0.2, 0) is 14.3 Å². The lowest BCUT2D eigenvalue weighted by Gasteiger charge is -2.18. The summed E-state index contributed by atoms with van der Waals surface area (Å²) in [6.45, 7) is -0.643. The first-order chi connectivity index (χ1) is 17.1. The number of Topliss-reactive ketones (excluding diaryl/α,β-unsaturated/α-hetero) is 1. The molecule has 0 spiro atoms. The van der Waals surface area contributed by atoms with E-state index >= 15 is 0 Å². The largest absolute Gasteiger partial charge is 0.482 e. The number of ether oxygens (including phenoxy) is 2. The number of nitrogens with zero attached hydrogens (tertiary/aromatic N) is 4. The molecule has 0 fully saturated rings. The van der Waals surface area contributed by atoms with Crippen molar-refractivity contribution in [3.05, 3.63) is 78.3 Å². The zero-order chi connectivity index (χ0) is 24.2. The Labute approximate surface area is 198 Å². The second-order valence-electron chi connectivity index (χ2n) is 7.37. The van der Waals surface area contributed by atoms with Gasteiger partial charge in [-0.1, -0.05) is 30.3 Å². The molecule has 2 aromatic carbocycles. The summed E-state index contributed by atoms with van der Waals surface area (Å²) < 4.78 is 17.2. The molecule has 174 valence electrons. The van der Waals surface area contributed by atoms with Gasteiger partial charge in [-0.2, -0.15) is 4.68 Å². The predicted octanol–water partition coefficient (Wildman–Crippen LogP) is 2.69. The minimum Gasteiger partial charge on any atom is -0.482 e. The van der Waals surface area contributed by atoms with Crippen LogP contribution in [0, 0.1) is 0 Å². The van der Waals surface area contributed by atoms with E-state index in [2.05, 4.69) is 20.8 Å². The molecule has 11 heteroatoms. The number of benzene rings is 2.